The Hall–Kier alpha value is -0.900. The zero-order valence-electron chi connectivity index (χ0n) is 14.3. The second-order valence-electron chi connectivity index (χ2n) is 6.68. The van der Waals surface area contributed by atoms with Crippen LogP contribution in [0, 0.1) is 13.8 Å². The molecule has 0 radical (unpaired) electrons. The maximum Gasteiger partial charge on any atom is 0.0376 e. The quantitative estimate of drug-likeness (QED) is 0.915. The van der Waals surface area contributed by atoms with Crippen LogP contribution in [0.15, 0.2) is 18.2 Å². The Morgan fingerprint density at radius 1 is 1.19 bits per heavy atom. The van der Waals surface area contributed by atoms with Gasteiger partial charge in [-0.25, -0.2) is 0 Å². The first kappa shape index (κ1) is 16.5. The summed E-state index contributed by atoms with van der Waals surface area (Å²) in [5.41, 5.74) is 4.22. The number of hydrogen-bond acceptors (Lipinski definition) is 3. The second-order valence-corrected chi connectivity index (χ2v) is 6.68. The van der Waals surface area contributed by atoms with E-state index in [1.807, 2.05) is 0 Å². The number of benzene rings is 1. The minimum absolute atomic E-state index is 0.498. The van der Waals surface area contributed by atoms with Gasteiger partial charge in [0.1, 0.15) is 0 Å². The summed E-state index contributed by atoms with van der Waals surface area (Å²) < 4.78 is 0. The van der Waals surface area contributed by atoms with Gasteiger partial charge < -0.3 is 15.1 Å². The Kier molecular flexibility index (Phi) is 5.80. The van der Waals surface area contributed by atoms with Gasteiger partial charge in [-0.1, -0.05) is 18.2 Å². The Labute approximate surface area is 130 Å². The van der Waals surface area contributed by atoms with Crippen molar-refractivity contribution in [2.45, 2.75) is 38.8 Å². The molecule has 2 rings (SSSR count). The maximum absolute atomic E-state index is 3.56. The number of rotatable bonds is 4. The van der Waals surface area contributed by atoms with E-state index >= 15 is 0 Å². The average Bonchev–Trinajstić information content (AvgIpc) is 2.61. The largest absolute Gasteiger partial charge is 0.315 e. The Bertz CT molecular complexity index is 458. The lowest BCUT2D eigenvalue weighted by Crippen LogP contribution is -2.52. The minimum atomic E-state index is 0.498. The molecule has 3 heteroatoms. The Morgan fingerprint density at radius 2 is 1.95 bits per heavy atom. The summed E-state index contributed by atoms with van der Waals surface area (Å²) in [7, 11) is 6.62. The lowest BCUT2D eigenvalue weighted by Gasteiger charge is -2.34. The van der Waals surface area contributed by atoms with Gasteiger partial charge in [-0.05, 0) is 77.6 Å². The lowest BCUT2D eigenvalue weighted by molar-refractivity contribution is 0.181. The molecule has 0 saturated carbocycles. The predicted octanol–water partition coefficient (Wildman–Crippen LogP) is 2.07. The van der Waals surface area contributed by atoms with Crippen molar-refractivity contribution >= 4 is 0 Å². The van der Waals surface area contributed by atoms with Crippen LogP contribution < -0.4 is 5.32 Å². The van der Waals surface area contributed by atoms with Gasteiger partial charge in [0.05, 0.1) is 0 Å². The van der Waals surface area contributed by atoms with Crippen LogP contribution in [0.5, 0.6) is 0 Å². The van der Waals surface area contributed by atoms with Crippen LogP contribution in [0.25, 0.3) is 0 Å². The highest BCUT2D eigenvalue weighted by atomic mass is 15.2. The normalized spacial score (nSPS) is 23.0. The van der Waals surface area contributed by atoms with E-state index in [1.165, 1.54) is 36.2 Å². The lowest BCUT2D eigenvalue weighted by atomic mass is 9.96. The summed E-state index contributed by atoms with van der Waals surface area (Å²) in [4.78, 5) is 5.00. The first-order chi connectivity index (χ1) is 10.0. The standard InChI is InChI=1S/C18H31N3/c1-14-7-8-16(11-15(14)2)12-17(19-3)18-13-20(4)9-6-10-21(18)5/h7-8,11,17-19H,6,9-10,12-13H2,1-5H3. The molecule has 1 fully saturated rings. The Morgan fingerprint density at radius 3 is 2.62 bits per heavy atom. The molecule has 2 unspecified atom stereocenters. The van der Waals surface area contributed by atoms with Crippen molar-refractivity contribution in [3.05, 3.63) is 34.9 Å². The Balaban J connectivity index is 2.11. The van der Waals surface area contributed by atoms with Gasteiger partial charge >= 0.3 is 0 Å². The topological polar surface area (TPSA) is 18.5 Å². The highest BCUT2D eigenvalue weighted by molar-refractivity contribution is 5.30. The fourth-order valence-corrected chi connectivity index (χ4v) is 3.36. The van der Waals surface area contributed by atoms with Gasteiger partial charge in [0.2, 0.25) is 0 Å². The first-order valence-corrected chi connectivity index (χ1v) is 8.13. The molecular weight excluding hydrogens is 258 g/mol. The van der Waals surface area contributed by atoms with E-state index < -0.39 is 0 Å². The predicted molar refractivity (Wildman–Crippen MR) is 91.0 cm³/mol. The number of likely N-dealkylation sites (N-methyl/N-ethyl adjacent to an activating group) is 3. The molecule has 118 valence electrons. The molecule has 3 nitrogen and oxygen atoms in total. The van der Waals surface area contributed by atoms with Crippen molar-refractivity contribution in [2.75, 3.05) is 40.8 Å². The molecule has 0 spiro atoms. The first-order valence-electron chi connectivity index (χ1n) is 8.13. The van der Waals surface area contributed by atoms with Crippen molar-refractivity contribution in [2.24, 2.45) is 0 Å². The van der Waals surface area contributed by atoms with Crippen LogP contribution in [0.4, 0.5) is 0 Å². The highest BCUT2D eigenvalue weighted by Crippen LogP contribution is 2.16. The second kappa shape index (κ2) is 7.39. The molecule has 1 aliphatic heterocycles. The minimum Gasteiger partial charge on any atom is -0.315 e. The smallest absolute Gasteiger partial charge is 0.0376 e. The zero-order chi connectivity index (χ0) is 15.4. The summed E-state index contributed by atoms with van der Waals surface area (Å²) in [6, 6.07) is 7.95. The van der Waals surface area contributed by atoms with Crippen LogP contribution >= 0.6 is 0 Å². The van der Waals surface area contributed by atoms with Crippen molar-refractivity contribution in [1.29, 1.82) is 0 Å². The van der Waals surface area contributed by atoms with Gasteiger partial charge in [-0.3, -0.25) is 0 Å². The third-order valence-corrected chi connectivity index (χ3v) is 4.98. The number of nitrogens with one attached hydrogen (secondary N) is 1. The summed E-state index contributed by atoms with van der Waals surface area (Å²) in [6.07, 6.45) is 2.37. The highest BCUT2D eigenvalue weighted by Gasteiger charge is 2.27. The zero-order valence-corrected chi connectivity index (χ0v) is 14.3. The number of hydrogen-bond donors (Lipinski definition) is 1. The van der Waals surface area contributed by atoms with Crippen molar-refractivity contribution < 1.29 is 0 Å². The number of aryl methyl sites for hydroxylation is 2. The summed E-state index contributed by atoms with van der Waals surface area (Å²) >= 11 is 0. The van der Waals surface area contributed by atoms with E-state index in [4.69, 9.17) is 0 Å². The molecule has 1 aromatic carbocycles. The molecule has 0 aliphatic carbocycles. The van der Waals surface area contributed by atoms with E-state index in [-0.39, 0.29) is 0 Å². The molecule has 2 atom stereocenters. The molecule has 1 heterocycles. The molecule has 1 saturated heterocycles. The van der Waals surface area contributed by atoms with Crippen LogP contribution in [-0.2, 0) is 6.42 Å². The molecule has 0 bridgehead atoms. The van der Waals surface area contributed by atoms with Gasteiger partial charge in [-0.15, -0.1) is 0 Å². The van der Waals surface area contributed by atoms with E-state index in [1.54, 1.807) is 0 Å². The molecule has 0 aromatic heterocycles. The van der Waals surface area contributed by atoms with Crippen molar-refractivity contribution in [3.8, 4) is 0 Å². The molecular formula is C18H31N3. The van der Waals surface area contributed by atoms with E-state index in [2.05, 4.69) is 68.3 Å². The molecule has 1 aliphatic rings. The molecule has 1 aromatic rings. The van der Waals surface area contributed by atoms with Crippen LogP contribution in [-0.4, -0.2) is 62.7 Å². The number of nitrogens with zero attached hydrogens (tertiary/aromatic N) is 2. The van der Waals surface area contributed by atoms with Gasteiger partial charge in [0, 0.05) is 18.6 Å². The fourth-order valence-electron chi connectivity index (χ4n) is 3.36. The SMILES string of the molecule is CNC(Cc1ccc(C)c(C)c1)C1CN(C)CCCN1C. The van der Waals surface area contributed by atoms with Gasteiger partial charge in [0.25, 0.3) is 0 Å². The maximum atomic E-state index is 3.56. The summed E-state index contributed by atoms with van der Waals surface area (Å²) in [5, 5.41) is 3.56. The van der Waals surface area contributed by atoms with E-state index in [0.717, 1.165) is 13.0 Å². The monoisotopic (exact) mass is 289 g/mol. The third kappa shape index (κ3) is 4.29. The van der Waals surface area contributed by atoms with Crippen molar-refractivity contribution in [1.82, 2.24) is 15.1 Å². The average molecular weight is 289 g/mol. The molecule has 1 N–H and O–H groups in total. The summed E-state index contributed by atoms with van der Waals surface area (Å²) in [6.45, 7) is 7.94. The van der Waals surface area contributed by atoms with Gasteiger partial charge in [-0.2, -0.15) is 0 Å². The van der Waals surface area contributed by atoms with Crippen LogP contribution in [0.1, 0.15) is 23.1 Å². The van der Waals surface area contributed by atoms with Crippen molar-refractivity contribution in [3.63, 3.8) is 0 Å². The van der Waals surface area contributed by atoms with Crippen LogP contribution in [0.3, 0.4) is 0 Å². The van der Waals surface area contributed by atoms with E-state index in [0.29, 0.717) is 12.1 Å². The van der Waals surface area contributed by atoms with Gasteiger partial charge in [0.15, 0.2) is 0 Å². The molecule has 21 heavy (non-hydrogen) atoms. The van der Waals surface area contributed by atoms with Crippen LogP contribution in [0.2, 0.25) is 0 Å². The van der Waals surface area contributed by atoms with E-state index in [9.17, 15) is 0 Å². The molecule has 0 amide bonds. The summed E-state index contributed by atoms with van der Waals surface area (Å²) in [5.74, 6) is 0. The fraction of sp³-hybridized carbons (Fsp3) is 0.667. The third-order valence-electron chi connectivity index (χ3n) is 4.98.